The van der Waals surface area contributed by atoms with E-state index in [1.165, 1.54) is 6.07 Å². The molecular formula is C13H15N3O2S. The SMILES string of the molecule is Cc1csc(CCNc2cc([N+](=O)[O-])ccc2C)n1. The number of thiazole rings is 1. The van der Waals surface area contributed by atoms with Gasteiger partial charge in [-0.3, -0.25) is 10.1 Å². The number of nitro benzene ring substituents is 1. The number of nitrogens with zero attached hydrogens (tertiary/aromatic N) is 2. The van der Waals surface area contributed by atoms with Gasteiger partial charge in [0.05, 0.1) is 9.93 Å². The summed E-state index contributed by atoms with van der Waals surface area (Å²) in [6.07, 6.45) is 0.820. The van der Waals surface area contributed by atoms with E-state index >= 15 is 0 Å². The van der Waals surface area contributed by atoms with Crippen LogP contribution in [-0.4, -0.2) is 16.5 Å². The zero-order valence-corrected chi connectivity index (χ0v) is 11.7. The Morgan fingerprint density at radius 3 is 2.84 bits per heavy atom. The maximum absolute atomic E-state index is 10.7. The largest absolute Gasteiger partial charge is 0.384 e. The van der Waals surface area contributed by atoms with Crippen LogP contribution < -0.4 is 5.32 Å². The minimum Gasteiger partial charge on any atom is -0.384 e. The lowest BCUT2D eigenvalue weighted by molar-refractivity contribution is -0.384. The van der Waals surface area contributed by atoms with Crippen molar-refractivity contribution in [3.05, 3.63) is 50.0 Å². The second kappa shape index (κ2) is 5.79. The Bertz CT molecular complexity index is 595. The highest BCUT2D eigenvalue weighted by molar-refractivity contribution is 7.09. The molecule has 5 nitrogen and oxygen atoms in total. The summed E-state index contributed by atoms with van der Waals surface area (Å²) in [6.45, 7) is 4.62. The van der Waals surface area contributed by atoms with Crippen LogP contribution in [0.2, 0.25) is 0 Å². The topological polar surface area (TPSA) is 68.1 Å². The van der Waals surface area contributed by atoms with Gasteiger partial charge in [0.1, 0.15) is 0 Å². The molecule has 0 spiro atoms. The highest BCUT2D eigenvalue weighted by Gasteiger charge is 2.08. The third-order valence-corrected chi connectivity index (χ3v) is 3.78. The monoisotopic (exact) mass is 277 g/mol. The van der Waals surface area contributed by atoms with Gasteiger partial charge >= 0.3 is 0 Å². The molecule has 0 fully saturated rings. The van der Waals surface area contributed by atoms with E-state index in [1.54, 1.807) is 23.5 Å². The van der Waals surface area contributed by atoms with Crippen molar-refractivity contribution >= 4 is 22.7 Å². The average molecular weight is 277 g/mol. The van der Waals surface area contributed by atoms with Crippen LogP contribution in [0, 0.1) is 24.0 Å². The molecule has 0 aliphatic carbocycles. The first kappa shape index (κ1) is 13.5. The van der Waals surface area contributed by atoms with Gasteiger partial charge in [-0.05, 0) is 19.4 Å². The molecule has 0 bridgehead atoms. The van der Waals surface area contributed by atoms with Crippen molar-refractivity contribution < 1.29 is 4.92 Å². The first-order valence-electron chi connectivity index (χ1n) is 5.96. The number of aryl methyl sites for hydroxylation is 2. The molecule has 0 amide bonds. The van der Waals surface area contributed by atoms with Crippen LogP contribution in [0.1, 0.15) is 16.3 Å². The smallest absolute Gasteiger partial charge is 0.271 e. The van der Waals surface area contributed by atoms with Gasteiger partial charge in [-0.15, -0.1) is 11.3 Å². The first-order valence-corrected chi connectivity index (χ1v) is 6.84. The fraction of sp³-hybridized carbons (Fsp3) is 0.308. The summed E-state index contributed by atoms with van der Waals surface area (Å²) in [5.41, 5.74) is 2.95. The molecule has 1 aromatic heterocycles. The van der Waals surface area contributed by atoms with Crippen LogP contribution in [0.3, 0.4) is 0 Å². The maximum atomic E-state index is 10.7. The molecule has 1 heterocycles. The van der Waals surface area contributed by atoms with E-state index in [2.05, 4.69) is 10.3 Å². The zero-order chi connectivity index (χ0) is 13.8. The summed E-state index contributed by atoms with van der Waals surface area (Å²) in [5.74, 6) is 0. The lowest BCUT2D eigenvalue weighted by Gasteiger charge is -2.08. The fourth-order valence-corrected chi connectivity index (χ4v) is 2.51. The lowest BCUT2D eigenvalue weighted by Crippen LogP contribution is -2.06. The van der Waals surface area contributed by atoms with E-state index in [9.17, 15) is 10.1 Å². The van der Waals surface area contributed by atoms with Crippen molar-refractivity contribution in [1.82, 2.24) is 4.98 Å². The van der Waals surface area contributed by atoms with Crippen molar-refractivity contribution in [1.29, 1.82) is 0 Å². The van der Waals surface area contributed by atoms with Crippen LogP contribution >= 0.6 is 11.3 Å². The second-order valence-electron chi connectivity index (χ2n) is 4.32. The van der Waals surface area contributed by atoms with E-state index in [0.29, 0.717) is 0 Å². The Hall–Kier alpha value is -1.95. The summed E-state index contributed by atoms with van der Waals surface area (Å²) >= 11 is 1.64. The zero-order valence-electron chi connectivity index (χ0n) is 10.8. The molecule has 0 unspecified atom stereocenters. The molecule has 0 atom stereocenters. The van der Waals surface area contributed by atoms with Crippen molar-refractivity contribution in [2.45, 2.75) is 20.3 Å². The van der Waals surface area contributed by atoms with Crippen LogP contribution in [0.25, 0.3) is 0 Å². The van der Waals surface area contributed by atoms with Gasteiger partial charge in [-0.25, -0.2) is 4.98 Å². The van der Waals surface area contributed by atoms with E-state index in [4.69, 9.17) is 0 Å². The summed E-state index contributed by atoms with van der Waals surface area (Å²) in [5, 5.41) is 17.1. The number of benzene rings is 1. The van der Waals surface area contributed by atoms with Crippen LogP contribution in [-0.2, 0) is 6.42 Å². The highest BCUT2D eigenvalue weighted by atomic mass is 32.1. The summed E-state index contributed by atoms with van der Waals surface area (Å²) in [4.78, 5) is 14.7. The normalized spacial score (nSPS) is 10.4. The van der Waals surface area contributed by atoms with E-state index < -0.39 is 0 Å². The molecule has 0 saturated carbocycles. The predicted molar refractivity (Wildman–Crippen MR) is 76.9 cm³/mol. The standard InChI is InChI=1S/C13H15N3O2S/c1-9-3-4-11(16(17)18)7-12(9)14-6-5-13-15-10(2)8-19-13/h3-4,7-8,14H,5-6H2,1-2H3. The Kier molecular flexibility index (Phi) is 4.11. The summed E-state index contributed by atoms with van der Waals surface area (Å²) in [7, 11) is 0. The molecule has 19 heavy (non-hydrogen) atoms. The number of nitrogens with one attached hydrogen (secondary N) is 1. The molecule has 1 N–H and O–H groups in total. The minimum absolute atomic E-state index is 0.109. The molecule has 2 aromatic rings. The van der Waals surface area contributed by atoms with Gasteiger partial charge in [0.2, 0.25) is 0 Å². The number of anilines is 1. The van der Waals surface area contributed by atoms with Gasteiger partial charge in [-0.2, -0.15) is 0 Å². The van der Waals surface area contributed by atoms with Gasteiger partial charge in [0.15, 0.2) is 0 Å². The average Bonchev–Trinajstić information content (AvgIpc) is 2.77. The molecule has 2 rings (SSSR count). The summed E-state index contributed by atoms with van der Waals surface area (Å²) < 4.78 is 0. The number of hydrogen-bond acceptors (Lipinski definition) is 5. The third kappa shape index (κ3) is 3.51. The molecule has 6 heteroatoms. The Balaban J connectivity index is 1.99. The second-order valence-corrected chi connectivity index (χ2v) is 5.26. The number of rotatable bonds is 5. The van der Waals surface area contributed by atoms with E-state index in [0.717, 1.165) is 34.9 Å². The number of aromatic nitrogens is 1. The maximum Gasteiger partial charge on any atom is 0.271 e. The molecule has 0 aliphatic heterocycles. The minimum atomic E-state index is -0.380. The van der Waals surface area contributed by atoms with Crippen molar-refractivity contribution in [3.63, 3.8) is 0 Å². The van der Waals surface area contributed by atoms with Crippen LogP contribution in [0.15, 0.2) is 23.6 Å². The van der Waals surface area contributed by atoms with E-state index in [1.807, 2.05) is 19.2 Å². The third-order valence-electron chi connectivity index (χ3n) is 2.75. The fourth-order valence-electron chi connectivity index (χ4n) is 1.74. The predicted octanol–water partition coefficient (Wildman–Crippen LogP) is 3.32. The Labute approximate surface area is 115 Å². The molecule has 0 aliphatic rings. The molecular weight excluding hydrogens is 262 g/mol. The molecule has 100 valence electrons. The first-order chi connectivity index (χ1) is 9.06. The van der Waals surface area contributed by atoms with E-state index in [-0.39, 0.29) is 10.6 Å². The molecule has 0 saturated heterocycles. The van der Waals surface area contributed by atoms with Crippen molar-refractivity contribution in [2.75, 3.05) is 11.9 Å². The Morgan fingerprint density at radius 2 is 2.21 bits per heavy atom. The van der Waals surface area contributed by atoms with Gasteiger partial charge in [0.25, 0.3) is 5.69 Å². The van der Waals surface area contributed by atoms with Gasteiger partial charge < -0.3 is 5.32 Å². The Morgan fingerprint density at radius 1 is 1.42 bits per heavy atom. The quantitative estimate of drug-likeness (QED) is 0.672. The number of hydrogen-bond donors (Lipinski definition) is 1. The van der Waals surface area contributed by atoms with Crippen molar-refractivity contribution in [3.8, 4) is 0 Å². The number of non-ortho nitro benzene ring substituents is 1. The molecule has 1 aromatic carbocycles. The van der Waals surface area contributed by atoms with Crippen LogP contribution in [0.5, 0.6) is 0 Å². The van der Waals surface area contributed by atoms with Gasteiger partial charge in [0, 0.05) is 41.9 Å². The van der Waals surface area contributed by atoms with Gasteiger partial charge in [-0.1, -0.05) is 6.07 Å². The highest BCUT2D eigenvalue weighted by Crippen LogP contribution is 2.21. The number of nitro groups is 1. The summed E-state index contributed by atoms with van der Waals surface area (Å²) in [6, 6.07) is 4.85. The van der Waals surface area contributed by atoms with Crippen molar-refractivity contribution in [2.24, 2.45) is 0 Å². The lowest BCUT2D eigenvalue weighted by atomic mass is 10.2. The molecule has 0 radical (unpaired) electrons. The van der Waals surface area contributed by atoms with Crippen LogP contribution in [0.4, 0.5) is 11.4 Å².